The van der Waals surface area contributed by atoms with E-state index in [2.05, 4.69) is 10.3 Å². The molecule has 0 saturated heterocycles. The number of hydrogen-bond donors (Lipinski definition) is 1. The van der Waals surface area contributed by atoms with Crippen molar-refractivity contribution in [3.05, 3.63) is 29.0 Å². The molecule has 1 amide bonds. The number of likely N-dealkylation sites (N-methyl/N-ethyl adjacent to an activating group) is 1. The molecule has 5 heteroatoms. The maximum atomic E-state index is 12.1. The second kappa shape index (κ2) is 6.35. The Balaban J connectivity index is 2.59. The first-order valence-corrected chi connectivity index (χ1v) is 6.69. The van der Waals surface area contributed by atoms with E-state index in [0.29, 0.717) is 11.7 Å². The Hall–Kier alpha value is -1.13. The first-order valence-electron chi connectivity index (χ1n) is 6.32. The molecule has 1 aromatic heterocycles. The highest BCUT2D eigenvalue weighted by molar-refractivity contribution is 6.29. The minimum Gasteiger partial charge on any atom is -0.350 e. The van der Waals surface area contributed by atoms with Gasteiger partial charge in [-0.2, -0.15) is 0 Å². The Kier molecular flexibility index (Phi) is 5.32. The number of nitrogens with zero attached hydrogens (tertiary/aromatic N) is 2. The molecule has 106 valence electrons. The maximum absolute atomic E-state index is 12.1. The van der Waals surface area contributed by atoms with Crippen LogP contribution in [0, 0.1) is 0 Å². The number of nitrogens with one attached hydrogen (secondary N) is 1. The molecule has 0 radical (unpaired) electrons. The number of amides is 1. The molecule has 1 atom stereocenters. The van der Waals surface area contributed by atoms with Crippen LogP contribution in [0.3, 0.4) is 0 Å². The molecule has 1 rings (SSSR count). The van der Waals surface area contributed by atoms with E-state index >= 15 is 0 Å². The van der Waals surface area contributed by atoms with Crippen LogP contribution in [0.25, 0.3) is 0 Å². The van der Waals surface area contributed by atoms with Crippen molar-refractivity contribution in [2.24, 2.45) is 0 Å². The molecule has 0 aliphatic carbocycles. The standard InChI is InChI=1S/C14H22ClN3O/c1-10(13(19)17-14(2,3)4)18(5)9-11-6-7-12(15)16-8-11/h6-8,10H,9H2,1-5H3,(H,17,19)/t10-/m1/s1. The summed E-state index contributed by atoms with van der Waals surface area (Å²) in [5, 5.41) is 3.45. The van der Waals surface area contributed by atoms with E-state index in [1.165, 1.54) is 0 Å². The quantitative estimate of drug-likeness (QED) is 0.864. The van der Waals surface area contributed by atoms with Gasteiger partial charge in [0.1, 0.15) is 5.15 Å². The predicted octanol–water partition coefficient (Wildman–Crippen LogP) is 2.47. The molecule has 4 nitrogen and oxygen atoms in total. The molecule has 1 aromatic rings. The van der Waals surface area contributed by atoms with E-state index in [-0.39, 0.29) is 17.5 Å². The Morgan fingerprint density at radius 1 is 1.47 bits per heavy atom. The molecule has 0 aromatic carbocycles. The van der Waals surface area contributed by atoms with Gasteiger partial charge in [-0.15, -0.1) is 0 Å². The fraction of sp³-hybridized carbons (Fsp3) is 0.571. The molecule has 0 aliphatic rings. The summed E-state index contributed by atoms with van der Waals surface area (Å²) in [5.74, 6) is 0.0249. The van der Waals surface area contributed by atoms with Crippen LogP contribution in [0.2, 0.25) is 5.15 Å². The lowest BCUT2D eigenvalue weighted by atomic mass is 10.1. The topological polar surface area (TPSA) is 45.2 Å². The second-order valence-electron chi connectivity index (χ2n) is 5.82. The fourth-order valence-corrected chi connectivity index (χ4v) is 1.71. The molecule has 0 spiro atoms. The average molecular weight is 284 g/mol. The highest BCUT2D eigenvalue weighted by Gasteiger charge is 2.22. The third-order valence-corrected chi connectivity index (χ3v) is 2.98. The van der Waals surface area contributed by atoms with Gasteiger partial charge in [0.15, 0.2) is 0 Å². The SMILES string of the molecule is C[C@H](C(=O)NC(C)(C)C)N(C)Cc1ccc(Cl)nc1. The molecule has 1 heterocycles. The smallest absolute Gasteiger partial charge is 0.237 e. The van der Waals surface area contributed by atoms with E-state index in [4.69, 9.17) is 11.6 Å². The zero-order valence-electron chi connectivity index (χ0n) is 12.2. The Morgan fingerprint density at radius 2 is 2.11 bits per heavy atom. The lowest BCUT2D eigenvalue weighted by Gasteiger charge is -2.28. The summed E-state index contributed by atoms with van der Waals surface area (Å²) in [6.07, 6.45) is 1.73. The lowest BCUT2D eigenvalue weighted by Crippen LogP contribution is -2.49. The molecule has 0 saturated carbocycles. The van der Waals surface area contributed by atoms with Crippen molar-refractivity contribution >= 4 is 17.5 Å². The number of rotatable bonds is 4. The molecular weight excluding hydrogens is 262 g/mol. The molecule has 0 bridgehead atoms. The molecule has 0 unspecified atom stereocenters. The highest BCUT2D eigenvalue weighted by atomic mass is 35.5. The van der Waals surface area contributed by atoms with Crippen LogP contribution in [-0.2, 0) is 11.3 Å². The molecular formula is C14H22ClN3O. The summed E-state index contributed by atoms with van der Waals surface area (Å²) in [4.78, 5) is 18.1. The van der Waals surface area contributed by atoms with Crippen LogP contribution in [0.1, 0.15) is 33.3 Å². The Labute approximate surface area is 120 Å². The zero-order chi connectivity index (χ0) is 14.6. The maximum Gasteiger partial charge on any atom is 0.237 e. The van der Waals surface area contributed by atoms with Gasteiger partial charge in [0, 0.05) is 18.3 Å². The second-order valence-corrected chi connectivity index (χ2v) is 6.21. The van der Waals surface area contributed by atoms with Gasteiger partial charge in [0.25, 0.3) is 0 Å². The van der Waals surface area contributed by atoms with Crippen molar-refractivity contribution < 1.29 is 4.79 Å². The largest absolute Gasteiger partial charge is 0.350 e. The van der Waals surface area contributed by atoms with E-state index < -0.39 is 0 Å². The minimum absolute atomic E-state index is 0.0249. The van der Waals surface area contributed by atoms with Crippen molar-refractivity contribution in [3.8, 4) is 0 Å². The average Bonchev–Trinajstić information content (AvgIpc) is 2.28. The fourth-order valence-electron chi connectivity index (χ4n) is 1.60. The van der Waals surface area contributed by atoms with E-state index in [0.717, 1.165) is 5.56 Å². The number of hydrogen-bond acceptors (Lipinski definition) is 3. The van der Waals surface area contributed by atoms with Gasteiger partial charge in [0.05, 0.1) is 6.04 Å². The Bertz CT molecular complexity index is 425. The number of carbonyl (C=O) groups is 1. The molecule has 0 fully saturated rings. The minimum atomic E-state index is -0.214. The Morgan fingerprint density at radius 3 is 2.58 bits per heavy atom. The monoisotopic (exact) mass is 283 g/mol. The number of pyridine rings is 1. The normalized spacial score (nSPS) is 13.4. The van der Waals surface area contributed by atoms with Gasteiger partial charge < -0.3 is 5.32 Å². The van der Waals surface area contributed by atoms with Crippen molar-refractivity contribution in [1.82, 2.24) is 15.2 Å². The van der Waals surface area contributed by atoms with Crippen LogP contribution in [0.5, 0.6) is 0 Å². The van der Waals surface area contributed by atoms with Crippen molar-refractivity contribution in [2.45, 2.75) is 45.8 Å². The zero-order valence-corrected chi connectivity index (χ0v) is 13.0. The summed E-state index contributed by atoms with van der Waals surface area (Å²) < 4.78 is 0. The predicted molar refractivity (Wildman–Crippen MR) is 78.1 cm³/mol. The van der Waals surface area contributed by atoms with Gasteiger partial charge in [-0.3, -0.25) is 9.69 Å². The molecule has 19 heavy (non-hydrogen) atoms. The third kappa shape index (κ3) is 5.57. The van der Waals surface area contributed by atoms with Gasteiger partial charge in [0.2, 0.25) is 5.91 Å². The summed E-state index contributed by atoms with van der Waals surface area (Å²) >= 11 is 5.75. The summed E-state index contributed by atoms with van der Waals surface area (Å²) in [6, 6.07) is 3.47. The molecule has 0 aliphatic heterocycles. The lowest BCUT2D eigenvalue weighted by molar-refractivity contribution is -0.127. The van der Waals surface area contributed by atoms with E-state index in [1.807, 2.05) is 45.7 Å². The molecule has 1 N–H and O–H groups in total. The summed E-state index contributed by atoms with van der Waals surface area (Å²) in [6.45, 7) is 8.47. The first-order chi connectivity index (χ1) is 8.69. The van der Waals surface area contributed by atoms with Gasteiger partial charge in [-0.1, -0.05) is 17.7 Å². The van der Waals surface area contributed by atoms with E-state index in [9.17, 15) is 4.79 Å². The number of aromatic nitrogens is 1. The van der Waals surface area contributed by atoms with Crippen LogP contribution in [0.15, 0.2) is 18.3 Å². The first kappa shape index (κ1) is 15.9. The van der Waals surface area contributed by atoms with Crippen LogP contribution >= 0.6 is 11.6 Å². The van der Waals surface area contributed by atoms with E-state index in [1.54, 1.807) is 12.3 Å². The third-order valence-electron chi connectivity index (χ3n) is 2.76. The summed E-state index contributed by atoms with van der Waals surface area (Å²) in [7, 11) is 1.92. The van der Waals surface area contributed by atoms with Crippen LogP contribution in [-0.4, -0.2) is 34.4 Å². The van der Waals surface area contributed by atoms with Crippen molar-refractivity contribution in [2.75, 3.05) is 7.05 Å². The van der Waals surface area contributed by atoms with Gasteiger partial charge in [-0.25, -0.2) is 4.98 Å². The van der Waals surface area contributed by atoms with Gasteiger partial charge >= 0.3 is 0 Å². The number of carbonyl (C=O) groups excluding carboxylic acids is 1. The van der Waals surface area contributed by atoms with Gasteiger partial charge in [-0.05, 0) is 46.4 Å². The van der Waals surface area contributed by atoms with Crippen molar-refractivity contribution in [3.63, 3.8) is 0 Å². The summed E-state index contributed by atoms with van der Waals surface area (Å²) in [5.41, 5.74) is 0.816. The number of halogens is 1. The van der Waals surface area contributed by atoms with Crippen LogP contribution < -0.4 is 5.32 Å². The highest BCUT2D eigenvalue weighted by Crippen LogP contribution is 2.10. The van der Waals surface area contributed by atoms with Crippen LogP contribution in [0.4, 0.5) is 0 Å². The van der Waals surface area contributed by atoms with Crippen molar-refractivity contribution in [1.29, 1.82) is 0 Å².